The van der Waals surface area contributed by atoms with E-state index in [9.17, 15) is 18.4 Å². The number of hydrogen-bond acceptors (Lipinski definition) is 5. The Labute approximate surface area is 147 Å². The maximum absolute atomic E-state index is 13.1. The Balaban J connectivity index is 1.62. The van der Waals surface area contributed by atoms with Crippen LogP contribution in [0.3, 0.4) is 0 Å². The van der Waals surface area contributed by atoms with Crippen molar-refractivity contribution in [1.29, 1.82) is 0 Å². The summed E-state index contributed by atoms with van der Waals surface area (Å²) in [4.78, 5) is 23.9. The minimum Gasteiger partial charge on any atom is -0.497 e. The first-order valence-corrected chi connectivity index (χ1v) is 7.66. The fraction of sp³-hybridized carbons (Fsp3) is 0.158. The topological polar surface area (TPSA) is 65.7 Å². The summed E-state index contributed by atoms with van der Waals surface area (Å²) >= 11 is 0. The van der Waals surface area contributed by atoms with Gasteiger partial charge in [-0.1, -0.05) is 0 Å². The fourth-order valence-electron chi connectivity index (χ4n) is 2.43. The van der Waals surface area contributed by atoms with Gasteiger partial charge in [-0.25, -0.2) is 8.78 Å². The molecule has 0 aliphatic rings. The summed E-state index contributed by atoms with van der Waals surface area (Å²) in [5.41, 5.74) is 1.09. The van der Waals surface area contributed by atoms with Gasteiger partial charge in [0, 0.05) is 22.6 Å². The Morgan fingerprint density at radius 2 is 1.88 bits per heavy atom. The lowest BCUT2D eigenvalue weighted by atomic mass is 10.1. The van der Waals surface area contributed by atoms with Crippen LogP contribution in [0.1, 0.15) is 15.9 Å². The van der Waals surface area contributed by atoms with E-state index in [1.807, 2.05) is 0 Å². The molecule has 0 saturated heterocycles. The molecule has 0 radical (unpaired) electrons. The van der Waals surface area contributed by atoms with Crippen LogP contribution in [0, 0.1) is 11.6 Å². The van der Waals surface area contributed by atoms with E-state index < -0.39 is 30.0 Å². The van der Waals surface area contributed by atoms with Gasteiger partial charge in [0.15, 0.2) is 24.0 Å². The average Bonchev–Trinajstić information content (AvgIpc) is 3.03. The molecule has 0 unspecified atom stereocenters. The third-order valence-electron chi connectivity index (χ3n) is 3.80. The van der Waals surface area contributed by atoms with Crippen LogP contribution in [0.4, 0.5) is 8.78 Å². The molecule has 0 N–H and O–H groups in total. The summed E-state index contributed by atoms with van der Waals surface area (Å²) in [6.45, 7) is -0.562. The first-order valence-electron chi connectivity index (χ1n) is 7.66. The van der Waals surface area contributed by atoms with Gasteiger partial charge >= 0.3 is 5.97 Å². The van der Waals surface area contributed by atoms with Gasteiger partial charge < -0.3 is 13.9 Å². The van der Waals surface area contributed by atoms with Gasteiger partial charge in [-0.15, -0.1) is 0 Å². The number of ketones is 1. The lowest BCUT2D eigenvalue weighted by Crippen LogP contribution is -2.15. The van der Waals surface area contributed by atoms with E-state index >= 15 is 0 Å². The molecule has 2 aromatic carbocycles. The Morgan fingerprint density at radius 1 is 1.08 bits per heavy atom. The van der Waals surface area contributed by atoms with Gasteiger partial charge in [0.2, 0.25) is 0 Å². The number of halogens is 2. The molecule has 1 aromatic heterocycles. The monoisotopic (exact) mass is 360 g/mol. The average molecular weight is 360 g/mol. The summed E-state index contributed by atoms with van der Waals surface area (Å²) in [6.07, 6.45) is 1.34. The normalized spacial score (nSPS) is 10.7. The predicted molar refractivity (Wildman–Crippen MR) is 88.1 cm³/mol. The van der Waals surface area contributed by atoms with E-state index in [-0.39, 0.29) is 12.0 Å². The molecule has 3 rings (SSSR count). The van der Waals surface area contributed by atoms with Crippen LogP contribution in [0.5, 0.6) is 5.75 Å². The first kappa shape index (κ1) is 17.6. The van der Waals surface area contributed by atoms with Crippen LogP contribution in [0.2, 0.25) is 0 Å². The quantitative estimate of drug-likeness (QED) is 0.495. The van der Waals surface area contributed by atoms with Crippen molar-refractivity contribution in [3.8, 4) is 5.75 Å². The number of rotatable bonds is 6. The van der Waals surface area contributed by atoms with Crippen molar-refractivity contribution in [1.82, 2.24) is 0 Å². The summed E-state index contributed by atoms with van der Waals surface area (Å²) in [5.74, 6) is -2.83. The van der Waals surface area contributed by atoms with Crippen molar-refractivity contribution in [2.45, 2.75) is 6.42 Å². The molecule has 0 spiro atoms. The molecular weight excluding hydrogens is 346 g/mol. The number of Topliss-reactive ketones (excluding diaryl/α,β-unsaturated/α-hetero) is 1. The highest BCUT2D eigenvalue weighted by Crippen LogP contribution is 2.26. The maximum Gasteiger partial charge on any atom is 0.310 e. The molecule has 134 valence electrons. The number of methoxy groups -OCH3 is 1. The van der Waals surface area contributed by atoms with Crippen LogP contribution in [0.25, 0.3) is 11.0 Å². The number of fused-ring (bicyclic) bond motifs is 1. The van der Waals surface area contributed by atoms with Crippen LogP contribution < -0.4 is 4.74 Å². The summed E-state index contributed by atoms with van der Waals surface area (Å²) in [5, 5.41) is 0.731. The van der Waals surface area contributed by atoms with Gasteiger partial charge in [0.25, 0.3) is 0 Å². The number of esters is 1. The highest BCUT2D eigenvalue weighted by Gasteiger charge is 2.15. The van der Waals surface area contributed by atoms with E-state index in [4.69, 9.17) is 13.9 Å². The lowest BCUT2D eigenvalue weighted by Gasteiger charge is -2.04. The van der Waals surface area contributed by atoms with Crippen molar-refractivity contribution < 1.29 is 32.3 Å². The molecule has 0 aliphatic heterocycles. The van der Waals surface area contributed by atoms with Crippen LogP contribution in [-0.2, 0) is 16.0 Å². The van der Waals surface area contributed by atoms with Crippen molar-refractivity contribution in [3.05, 3.63) is 65.4 Å². The van der Waals surface area contributed by atoms with Crippen LogP contribution in [0.15, 0.2) is 47.1 Å². The number of ether oxygens (including phenoxy) is 2. The molecule has 0 fully saturated rings. The standard InChI is InChI=1S/C19H14F2O5/c1-24-13-3-4-14-12(9-25-18(14)8-13)7-19(23)26-10-17(22)11-2-5-15(20)16(21)6-11/h2-6,8-9H,7,10H2,1H3. The van der Waals surface area contributed by atoms with Crippen LogP contribution >= 0.6 is 0 Å². The number of carbonyl (C=O) groups is 2. The minimum atomic E-state index is -1.14. The molecule has 0 saturated carbocycles. The summed E-state index contributed by atoms with van der Waals surface area (Å²) in [6, 6.07) is 7.92. The number of furan rings is 1. The zero-order chi connectivity index (χ0) is 18.7. The largest absolute Gasteiger partial charge is 0.497 e. The Morgan fingerprint density at radius 3 is 2.62 bits per heavy atom. The van der Waals surface area contributed by atoms with Crippen molar-refractivity contribution >= 4 is 22.7 Å². The van der Waals surface area contributed by atoms with Crippen molar-refractivity contribution in [2.24, 2.45) is 0 Å². The molecule has 0 atom stereocenters. The molecule has 26 heavy (non-hydrogen) atoms. The molecule has 1 heterocycles. The molecule has 0 aliphatic carbocycles. The van der Waals surface area contributed by atoms with Gasteiger partial charge in [-0.05, 0) is 30.3 Å². The second-order valence-electron chi connectivity index (χ2n) is 5.51. The third-order valence-corrected chi connectivity index (χ3v) is 3.80. The lowest BCUT2D eigenvalue weighted by molar-refractivity contribution is -0.141. The first-order chi connectivity index (χ1) is 12.5. The summed E-state index contributed by atoms with van der Waals surface area (Å²) < 4.78 is 41.4. The molecule has 0 amide bonds. The van der Waals surface area contributed by atoms with E-state index in [1.165, 1.54) is 13.4 Å². The van der Waals surface area contributed by atoms with Crippen molar-refractivity contribution in [2.75, 3.05) is 13.7 Å². The Hall–Kier alpha value is -3.22. The zero-order valence-electron chi connectivity index (χ0n) is 13.8. The van der Waals surface area contributed by atoms with E-state index in [0.29, 0.717) is 16.9 Å². The molecule has 3 aromatic rings. The van der Waals surface area contributed by atoms with Crippen LogP contribution in [-0.4, -0.2) is 25.5 Å². The smallest absolute Gasteiger partial charge is 0.310 e. The van der Waals surface area contributed by atoms with Crippen molar-refractivity contribution in [3.63, 3.8) is 0 Å². The second kappa shape index (κ2) is 7.35. The Bertz CT molecular complexity index is 977. The second-order valence-corrected chi connectivity index (χ2v) is 5.51. The molecule has 5 nitrogen and oxygen atoms in total. The third kappa shape index (κ3) is 3.72. The number of hydrogen-bond donors (Lipinski definition) is 0. The minimum absolute atomic E-state index is 0.0717. The van der Waals surface area contributed by atoms with Gasteiger partial charge in [-0.3, -0.25) is 9.59 Å². The Kier molecular flexibility index (Phi) is 4.97. The predicted octanol–water partition coefficient (Wildman–Crippen LogP) is 3.69. The number of benzene rings is 2. The molecule has 7 heteroatoms. The van der Waals surface area contributed by atoms with Gasteiger partial charge in [0.05, 0.1) is 19.8 Å². The maximum atomic E-state index is 13.1. The van der Waals surface area contributed by atoms with E-state index in [2.05, 4.69) is 0 Å². The van der Waals surface area contributed by atoms with E-state index in [0.717, 1.165) is 23.6 Å². The summed E-state index contributed by atoms with van der Waals surface area (Å²) in [7, 11) is 1.53. The fourth-order valence-corrected chi connectivity index (χ4v) is 2.43. The highest BCUT2D eigenvalue weighted by atomic mass is 19.2. The number of carbonyl (C=O) groups excluding carboxylic acids is 2. The molecular formula is C19H14F2O5. The molecule has 0 bridgehead atoms. The van der Waals surface area contributed by atoms with E-state index in [1.54, 1.807) is 18.2 Å². The highest BCUT2D eigenvalue weighted by molar-refractivity contribution is 5.98. The van der Waals surface area contributed by atoms with Gasteiger partial charge in [0.1, 0.15) is 11.3 Å². The zero-order valence-corrected chi connectivity index (χ0v) is 13.8. The SMILES string of the molecule is COc1ccc2c(CC(=O)OCC(=O)c3ccc(F)c(F)c3)coc2c1. The van der Waals surface area contributed by atoms with Gasteiger partial charge in [-0.2, -0.15) is 0 Å².